The van der Waals surface area contributed by atoms with Crippen molar-refractivity contribution in [2.75, 3.05) is 29.5 Å². The molecule has 5 aromatic carbocycles. The van der Waals surface area contributed by atoms with Crippen LogP contribution in [0.2, 0.25) is 0 Å². The molecular weight excluding hydrogens is 538 g/mol. The largest absolute Gasteiger partial charge is 0.472 e. The summed E-state index contributed by atoms with van der Waals surface area (Å²) in [6.07, 6.45) is 4.45. The zero-order valence-electron chi connectivity index (χ0n) is 20.4. The van der Waals surface area contributed by atoms with E-state index in [1.54, 1.807) is 0 Å². The molecule has 1 atom stereocenters. The molecule has 5 aromatic rings. The first-order valence-corrected chi connectivity index (χ1v) is 14.7. The van der Waals surface area contributed by atoms with Gasteiger partial charge in [0.1, 0.15) is 5.75 Å². The van der Waals surface area contributed by atoms with E-state index in [-0.39, 0.29) is 0 Å². The van der Waals surface area contributed by atoms with Crippen molar-refractivity contribution in [1.82, 2.24) is 0 Å². The highest BCUT2D eigenvalue weighted by Crippen LogP contribution is 2.47. The van der Waals surface area contributed by atoms with Gasteiger partial charge in [0.2, 0.25) is 0 Å². The minimum atomic E-state index is -0.739. The van der Waals surface area contributed by atoms with E-state index in [0.29, 0.717) is 0 Å². The Morgan fingerprint density at radius 3 is 2.24 bits per heavy atom. The second kappa shape index (κ2) is 9.27. The fraction of sp³-hybridized carbons (Fsp3) is 0.152. The maximum Gasteiger partial charge on any atom is 0.178 e. The maximum absolute atomic E-state index is 7.19. The van der Waals surface area contributed by atoms with Crippen molar-refractivity contribution in [3.63, 3.8) is 0 Å². The van der Waals surface area contributed by atoms with E-state index in [1.165, 1.54) is 28.0 Å². The molecule has 2 aliphatic heterocycles. The molecule has 1 saturated heterocycles. The van der Waals surface area contributed by atoms with Crippen LogP contribution in [0.25, 0.3) is 27.6 Å². The van der Waals surface area contributed by atoms with Crippen LogP contribution >= 0.6 is 27.7 Å². The minimum Gasteiger partial charge on any atom is -0.472 e. The van der Waals surface area contributed by atoms with Crippen molar-refractivity contribution in [2.24, 2.45) is 0 Å². The molecule has 0 saturated carbocycles. The summed E-state index contributed by atoms with van der Waals surface area (Å²) in [5, 5.41) is 4.73. The number of halogens is 1. The molecular formula is C33H26BrNOS. The van der Waals surface area contributed by atoms with Crippen LogP contribution < -0.4 is 9.64 Å². The molecule has 0 bridgehead atoms. The number of hydrogen-bond donors (Lipinski definition) is 0. The predicted molar refractivity (Wildman–Crippen MR) is 162 cm³/mol. The number of benzene rings is 5. The first-order valence-electron chi connectivity index (χ1n) is 12.7. The molecule has 7 rings (SSSR count). The Morgan fingerprint density at radius 1 is 0.730 bits per heavy atom. The normalized spacial score (nSPS) is 19.1. The van der Waals surface area contributed by atoms with E-state index in [4.69, 9.17) is 4.74 Å². The van der Waals surface area contributed by atoms with Gasteiger partial charge >= 0.3 is 0 Å². The van der Waals surface area contributed by atoms with E-state index in [0.717, 1.165) is 50.8 Å². The van der Waals surface area contributed by atoms with Crippen molar-refractivity contribution in [3.05, 3.63) is 124 Å². The van der Waals surface area contributed by atoms with Crippen LogP contribution in [0, 0.1) is 0 Å². The SMILES string of the molecule is Brc1cc2ccccc2c2c1C=CC(c1ccc(N3CCSCC3)cc1)(c1ccc3ccccc3c1)O2. The Bertz CT molecular complexity index is 1660. The summed E-state index contributed by atoms with van der Waals surface area (Å²) < 4.78 is 8.23. The van der Waals surface area contributed by atoms with Gasteiger partial charge in [0, 0.05) is 56.8 Å². The van der Waals surface area contributed by atoms with Crippen LogP contribution in [0.4, 0.5) is 5.69 Å². The van der Waals surface area contributed by atoms with Gasteiger partial charge in [-0.1, -0.05) is 88.7 Å². The monoisotopic (exact) mass is 563 g/mol. The lowest BCUT2D eigenvalue weighted by molar-refractivity contribution is 0.163. The van der Waals surface area contributed by atoms with E-state index in [2.05, 4.69) is 130 Å². The molecule has 0 aliphatic carbocycles. The fourth-order valence-electron chi connectivity index (χ4n) is 5.60. The van der Waals surface area contributed by atoms with Crippen molar-refractivity contribution < 1.29 is 4.74 Å². The van der Waals surface area contributed by atoms with Gasteiger partial charge in [-0.3, -0.25) is 0 Å². The van der Waals surface area contributed by atoms with Gasteiger partial charge in [-0.2, -0.15) is 11.8 Å². The molecule has 37 heavy (non-hydrogen) atoms. The Hall–Kier alpha value is -3.21. The topological polar surface area (TPSA) is 12.5 Å². The third kappa shape index (κ3) is 3.94. The van der Waals surface area contributed by atoms with E-state index in [1.807, 2.05) is 11.8 Å². The molecule has 0 amide bonds. The summed E-state index contributed by atoms with van der Waals surface area (Å²) in [5.74, 6) is 3.29. The van der Waals surface area contributed by atoms with Gasteiger partial charge in [-0.15, -0.1) is 0 Å². The number of nitrogens with zero attached hydrogens (tertiary/aromatic N) is 1. The zero-order chi connectivity index (χ0) is 24.8. The summed E-state index contributed by atoms with van der Waals surface area (Å²) in [4.78, 5) is 2.49. The number of hydrogen-bond acceptors (Lipinski definition) is 3. The van der Waals surface area contributed by atoms with Crippen molar-refractivity contribution in [2.45, 2.75) is 5.60 Å². The van der Waals surface area contributed by atoms with Gasteiger partial charge in [0.25, 0.3) is 0 Å². The predicted octanol–water partition coefficient (Wildman–Crippen LogP) is 8.66. The number of rotatable bonds is 3. The summed E-state index contributed by atoms with van der Waals surface area (Å²) in [6.45, 7) is 2.20. The van der Waals surface area contributed by atoms with Crippen molar-refractivity contribution in [3.8, 4) is 5.75 Å². The number of ether oxygens (including phenoxy) is 1. The standard InChI is InChI=1S/C33H26BrNOS/c34-31-22-25-7-3-4-8-29(25)32-30(31)15-16-33(36-32,27-10-9-23-5-1-2-6-24(23)21-27)26-11-13-28(14-12-26)35-17-19-37-20-18-35/h1-16,21-22H,17-20H2. The Kier molecular flexibility index (Phi) is 5.75. The van der Waals surface area contributed by atoms with Crippen LogP contribution in [0.3, 0.4) is 0 Å². The highest BCUT2D eigenvalue weighted by Gasteiger charge is 2.38. The lowest BCUT2D eigenvalue weighted by Gasteiger charge is -2.37. The van der Waals surface area contributed by atoms with Gasteiger partial charge in [0.05, 0.1) is 0 Å². The molecule has 0 spiro atoms. The molecule has 2 heterocycles. The number of fused-ring (bicyclic) bond motifs is 4. The zero-order valence-corrected chi connectivity index (χ0v) is 22.8. The first kappa shape index (κ1) is 22.9. The average molecular weight is 565 g/mol. The third-order valence-corrected chi connectivity index (χ3v) is 9.19. The molecule has 4 heteroatoms. The van der Waals surface area contributed by atoms with Crippen LogP contribution in [0.1, 0.15) is 16.7 Å². The van der Waals surface area contributed by atoms with Gasteiger partial charge in [-0.25, -0.2) is 0 Å². The lowest BCUT2D eigenvalue weighted by atomic mass is 9.82. The molecule has 0 N–H and O–H groups in total. The molecule has 1 fully saturated rings. The highest BCUT2D eigenvalue weighted by atomic mass is 79.9. The minimum absolute atomic E-state index is 0.739. The van der Waals surface area contributed by atoms with E-state index in [9.17, 15) is 0 Å². The first-order chi connectivity index (χ1) is 18.2. The van der Waals surface area contributed by atoms with Crippen LogP contribution in [0.5, 0.6) is 5.75 Å². The number of thioether (sulfide) groups is 1. The van der Waals surface area contributed by atoms with Gasteiger partial charge < -0.3 is 9.64 Å². The second-order valence-electron chi connectivity index (χ2n) is 9.70. The number of anilines is 1. The molecule has 2 nitrogen and oxygen atoms in total. The molecule has 1 unspecified atom stereocenters. The molecule has 182 valence electrons. The Morgan fingerprint density at radius 2 is 1.43 bits per heavy atom. The van der Waals surface area contributed by atoms with Crippen molar-refractivity contribution >= 4 is 61.0 Å². The van der Waals surface area contributed by atoms with Crippen LogP contribution in [0.15, 0.2) is 108 Å². The third-order valence-electron chi connectivity index (χ3n) is 7.59. The summed E-state index contributed by atoms with van der Waals surface area (Å²) in [6, 6.07) is 34.9. The van der Waals surface area contributed by atoms with Gasteiger partial charge in [-0.05, 0) is 52.6 Å². The average Bonchev–Trinajstić information content (AvgIpc) is 2.97. The Labute approximate surface area is 230 Å². The fourth-order valence-corrected chi connectivity index (χ4v) is 7.06. The lowest BCUT2D eigenvalue weighted by Crippen LogP contribution is -2.35. The Balaban J connectivity index is 1.41. The van der Waals surface area contributed by atoms with Crippen LogP contribution in [-0.2, 0) is 5.60 Å². The molecule has 0 aromatic heterocycles. The highest BCUT2D eigenvalue weighted by molar-refractivity contribution is 9.10. The maximum atomic E-state index is 7.19. The van der Waals surface area contributed by atoms with Gasteiger partial charge in [0.15, 0.2) is 5.60 Å². The van der Waals surface area contributed by atoms with E-state index < -0.39 is 5.60 Å². The summed E-state index contributed by atoms with van der Waals surface area (Å²) in [5.41, 5.74) is 3.88. The molecule has 2 aliphatic rings. The molecule has 0 radical (unpaired) electrons. The smallest absolute Gasteiger partial charge is 0.178 e. The quantitative estimate of drug-likeness (QED) is 0.218. The van der Waals surface area contributed by atoms with E-state index >= 15 is 0 Å². The summed E-state index contributed by atoms with van der Waals surface area (Å²) in [7, 11) is 0. The van der Waals surface area contributed by atoms with Crippen molar-refractivity contribution in [1.29, 1.82) is 0 Å². The summed E-state index contributed by atoms with van der Waals surface area (Å²) >= 11 is 5.84. The second-order valence-corrected chi connectivity index (χ2v) is 11.8. The van der Waals surface area contributed by atoms with Crippen LogP contribution in [-0.4, -0.2) is 24.6 Å².